The average molecular weight is 673 g/mol. The van der Waals surface area contributed by atoms with Gasteiger partial charge in [-0.2, -0.15) is 12.6 Å². The maximum atomic E-state index is 13.6. The van der Waals surface area contributed by atoms with Crippen molar-refractivity contribution in [1.29, 1.82) is 0 Å². The Balaban J connectivity index is 1.17. The monoisotopic (exact) mass is 672 g/mol. The number of unbranched alkanes of at least 4 members (excludes halogenated alkanes) is 3. The third kappa shape index (κ3) is 10.2. The first-order chi connectivity index (χ1) is 23.4. The van der Waals surface area contributed by atoms with E-state index in [9.17, 15) is 9.18 Å². The lowest BCUT2D eigenvalue weighted by molar-refractivity contribution is -0.120. The number of halogens is 1. The smallest absolute Gasteiger partial charge is 0.224 e. The minimum Gasteiger partial charge on any atom is -0.356 e. The van der Waals surface area contributed by atoms with Gasteiger partial charge in [-0.1, -0.05) is 55.3 Å². The molecular weight excluding hydrogens is 620 g/mol. The van der Waals surface area contributed by atoms with Crippen LogP contribution >= 0.6 is 12.6 Å². The number of fused-ring (bicyclic) bond motifs is 2. The molecule has 0 radical (unpaired) electrons. The van der Waals surface area contributed by atoms with E-state index in [1.165, 1.54) is 11.1 Å². The zero-order valence-electron chi connectivity index (χ0n) is 28.8. The van der Waals surface area contributed by atoms with Gasteiger partial charge in [0.25, 0.3) is 0 Å². The molecule has 0 saturated heterocycles. The molecule has 5 rings (SSSR count). The van der Waals surface area contributed by atoms with Crippen molar-refractivity contribution >= 4 is 29.6 Å². The van der Waals surface area contributed by atoms with Crippen molar-refractivity contribution in [3.8, 4) is 0 Å². The fourth-order valence-electron chi connectivity index (χ4n) is 6.94. The average Bonchev–Trinajstić information content (AvgIpc) is 3.46. The highest BCUT2D eigenvalue weighted by Crippen LogP contribution is 2.30. The Labute approximate surface area is 291 Å². The molecule has 1 heterocycles. The summed E-state index contributed by atoms with van der Waals surface area (Å²) in [5.74, 6) is 2.54. The van der Waals surface area contributed by atoms with Gasteiger partial charge in [-0.3, -0.25) is 9.36 Å². The van der Waals surface area contributed by atoms with Gasteiger partial charge in [-0.15, -0.1) is 0 Å². The molecule has 1 N–H and O–H groups in total. The summed E-state index contributed by atoms with van der Waals surface area (Å²) >= 11 is 4.26. The van der Waals surface area contributed by atoms with Crippen LogP contribution in [0, 0.1) is 11.7 Å². The molecule has 48 heavy (non-hydrogen) atoms. The first kappa shape index (κ1) is 36.1. The lowest BCUT2D eigenvalue weighted by Crippen LogP contribution is -2.26. The summed E-state index contributed by atoms with van der Waals surface area (Å²) in [5.41, 5.74) is 6.58. The summed E-state index contributed by atoms with van der Waals surface area (Å²) in [6.45, 7) is 5.36. The number of hydrogen-bond acceptors (Lipinski definition) is 5. The number of benzene rings is 3. The van der Waals surface area contributed by atoms with Gasteiger partial charge in [0.2, 0.25) is 5.91 Å². The van der Waals surface area contributed by atoms with E-state index in [0.29, 0.717) is 18.9 Å². The molecular formula is C40H53FN4O2S. The molecule has 0 aliphatic heterocycles. The molecule has 2 atom stereocenters. The predicted molar refractivity (Wildman–Crippen MR) is 197 cm³/mol. The largest absolute Gasteiger partial charge is 0.356 e. The van der Waals surface area contributed by atoms with Gasteiger partial charge in [0.05, 0.1) is 17.5 Å². The van der Waals surface area contributed by atoms with Crippen LogP contribution in [0.4, 0.5) is 4.39 Å². The minimum absolute atomic E-state index is 0.0620. The zero-order valence-corrected chi connectivity index (χ0v) is 29.7. The Morgan fingerprint density at radius 1 is 1.04 bits per heavy atom. The number of carbonyl (C=O) groups excluding carboxylic acids is 1. The Kier molecular flexibility index (Phi) is 13.9. The van der Waals surface area contributed by atoms with Crippen LogP contribution in [0.1, 0.15) is 86.2 Å². The number of aromatic nitrogens is 2. The quantitative estimate of drug-likeness (QED) is 0.0784. The normalized spacial score (nSPS) is 15.1. The lowest BCUT2D eigenvalue weighted by Gasteiger charge is -2.27. The first-order valence-corrected chi connectivity index (χ1v) is 18.6. The highest BCUT2D eigenvalue weighted by molar-refractivity contribution is 7.80. The first-order valence-electron chi connectivity index (χ1n) is 17.9. The molecule has 0 saturated carbocycles. The Morgan fingerprint density at radius 2 is 1.85 bits per heavy atom. The van der Waals surface area contributed by atoms with E-state index in [4.69, 9.17) is 9.72 Å². The van der Waals surface area contributed by atoms with Crippen molar-refractivity contribution in [2.24, 2.45) is 5.92 Å². The van der Waals surface area contributed by atoms with Crippen LogP contribution in [-0.4, -0.2) is 59.4 Å². The number of imidazole rings is 1. The molecule has 1 aromatic heterocycles. The molecule has 2 unspecified atom stereocenters. The Bertz CT molecular complexity index is 1590. The summed E-state index contributed by atoms with van der Waals surface area (Å²) in [4.78, 5) is 20.1. The summed E-state index contributed by atoms with van der Waals surface area (Å²) in [6, 6.07) is 21.9. The van der Waals surface area contributed by atoms with Crippen LogP contribution in [0.25, 0.3) is 11.0 Å². The second-order valence-electron chi connectivity index (χ2n) is 13.3. The molecule has 1 aliphatic rings. The number of carbonyl (C=O) groups is 1. The Hall–Kier alpha value is -3.20. The van der Waals surface area contributed by atoms with Crippen molar-refractivity contribution < 1.29 is 13.9 Å². The lowest BCUT2D eigenvalue weighted by atomic mass is 9.82. The van der Waals surface area contributed by atoms with E-state index < -0.39 is 0 Å². The fraction of sp³-hybridized carbons (Fsp3) is 0.500. The molecule has 258 valence electrons. The number of hydrogen-bond donors (Lipinski definition) is 2. The number of amides is 1. The van der Waals surface area contributed by atoms with Crippen LogP contribution in [0.3, 0.4) is 0 Å². The highest BCUT2D eigenvalue weighted by atomic mass is 32.1. The van der Waals surface area contributed by atoms with Gasteiger partial charge in [-0.25, -0.2) is 9.37 Å². The van der Waals surface area contributed by atoms with E-state index in [2.05, 4.69) is 64.8 Å². The molecule has 6 nitrogen and oxygen atoms in total. The van der Waals surface area contributed by atoms with Gasteiger partial charge < -0.3 is 15.0 Å². The van der Waals surface area contributed by atoms with Gasteiger partial charge >= 0.3 is 0 Å². The molecule has 3 aromatic carbocycles. The van der Waals surface area contributed by atoms with E-state index in [1.807, 2.05) is 31.2 Å². The van der Waals surface area contributed by atoms with Crippen LogP contribution in [-0.2, 0) is 35.2 Å². The van der Waals surface area contributed by atoms with Crippen molar-refractivity contribution in [1.82, 2.24) is 19.8 Å². The maximum Gasteiger partial charge on any atom is 0.224 e. The number of ether oxygens (including phenoxy) is 1. The van der Waals surface area contributed by atoms with E-state index in [-0.39, 0.29) is 18.0 Å². The molecule has 1 aliphatic carbocycles. The van der Waals surface area contributed by atoms with Crippen LogP contribution in [0.2, 0.25) is 0 Å². The number of thiol groups is 1. The van der Waals surface area contributed by atoms with Crippen molar-refractivity contribution in [2.45, 2.75) is 83.8 Å². The number of nitrogens with one attached hydrogen (secondary N) is 1. The second-order valence-corrected chi connectivity index (χ2v) is 13.8. The van der Waals surface area contributed by atoms with Crippen LogP contribution in [0.5, 0.6) is 0 Å². The van der Waals surface area contributed by atoms with Gasteiger partial charge in [0, 0.05) is 25.1 Å². The van der Waals surface area contributed by atoms with E-state index in [0.717, 1.165) is 118 Å². The van der Waals surface area contributed by atoms with Crippen molar-refractivity contribution in [3.63, 3.8) is 0 Å². The number of nitrogens with zero attached hydrogens (tertiary/aromatic N) is 3. The zero-order chi connectivity index (χ0) is 33.7. The molecule has 4 aromatic rings. The van der Waals surface area contributed by atoms with E-state index in [1.54, 1.807) is 12.1 Å². The van der Waals surface area contributed by atoms with Crippen molar-refractivity contribution in [3.05, 3.63) is 101 Å². The van der Waals surface area contributed by atoms with Crippen LogP contribution < -0.4 is 5.32 Å². The SMILES string of the molecule is CCOC(c1ccc(CC(=O)NCCCCCCS)cc1)n1c(CCCN(C)CCC2CCc3cc(F)ccc3C2)nc2ccccc21. The summed E-state index contributed by atoms with van der Waals surface area (Å²) < 4.78 is 22.3. The molecule has 0 spiro atoms. The van der Waals surface area contributed by atoms with Gasteiger partial charge in [-0.05, 0) is 125 Å². The van der Waals surface area contributed by atoms with Gasteiger partial charge in [0.1, 0.15) is 11.6 Å². The topological polar surface area (TPSA) is 59.4 Å². The van der Waals surface area contributed by atoms with Crippen molar-refractivity contribution in [2.75, 3.05) is 39.0 Å². The summed E-state index contributed by atoms with van der Waals surface area (Å²) in [7, 11) is 2.21. The molecule has 0 fully saturated rings. The standard InChI is InChI=1S/C40H53FN4O2S/c1-3-47-40(32-17-14-30(15-18-32)28-39(46)42-23-8-4-5-9-26-48)45-37-12-7-6-11-36(37)43-38(45)13-10-24-44(2)25-22-31-16-19-34-29-35(41)21-20-33(34)27-31/h6-7,11-12,14-15,17-18,20-21,29,31,40,48H,3-5,8-10,13,16,19,22-28H2,1-2H3,(H,42,46). The number of rotatable bonds is 19. The molecule has 1 amide bonds. The number of aryl methyl sites for hydroxylation is 2. The predicted octanol–water partition coefficient (Wildman–Crippen LogP) is 7.97. The summed E-state index contributed by atoms with van der Waals surface area (Å²) in [6.07, 6.45) is 10.7. The highest BCUT2D eigenvalue weighted by Gasteiger charge is 2.22. The Morgan fingerprint density at radius 3 is 2.67 bits per heavy atom. The van der Waals surface area contributed by atoms with Gasteiger partial charge in [0.15, 0.2) is 6.23 Å². The summed E-state index contributed by atoms with van der Waals surface area (Å²) in [5, 5.41) is 3.06. The van der Waals surface area contributed by atoms with E-state index >= 15 is 0 Å². The third-order valence-electron chi connectivity index (χ3n) is 9.62. The van der Waals surface area contributed by atoms with Crippen LogP contribution in [0.15, 0.2) is 66.7 Å². The maximum absolute atomic E-state index is 13.6. The molecule has 8 heteroatoms. The molecule has 0 bridgehead atoms. The minimum atomic E-state index is -0.307. The number of para-hydroxylation sites is 2. The third-order valence-corrected chi connectivity index (χ3v) is 9.94. The fourth-order valence-corrected chi connectivity index (χ4v) is 7.17. The second kappa shape index (κ2) is 18.5.